The number of methoxy groups -OCH3 is 1. The maximum absolute atomic E-state index is 13.8. The number of nitrogens with zero attached hydrogens (tertiary/aromatic N) is 1. The van der Waals surface area contributed by atoms with Crippen LogP contribution in [0, 0.1) is 17.7 Å². The molecule has 0 radical (unpaired) electrons. The topological polar surface area (TPSA) is 41.6 Å². The predicted molar refractivity (Wildman–Crippen MR) is 77.9 cm³/mol. The predicted octanol–water partition coefficient (Wildman–Crippen LogP) is 1.90. The second-order valence-corrected chi connectivity index (χ2v) is 5.86. The van der Waals surface area contributed by atoms with Crippen LogP contribution in [-0.4, -0.2) is 43.6 Å². The Morgan fingerprint density at radius 1 is 1.48 bits per heavy atom. The van der Waals surface area contributed by atoms with E-state index in [2.05, 4.69) is 12.2 Å². The van der Waals surface area contributed by atoms with Gasteiger partial charge in [-0.2, -0.15) is 0 Å². The summed E-state index contributed by atoms with van der Waals surface area (Å²) in [5, 5.41) is 3.40. The van der Waals surface area contributed by atoms with Gasteiger partial charge >= 0.3 is 0 Å². The van der Waals surface area contributed by atoms with Crippen LogP contribution in [0.25, 0.3) is 0 Å². The molecule has 0 aromatic heterocycles. The van der Waals surface area contributed by atoms with Crippen LogP contribution in [0.5, 0.6) is 5.75 Å². The first kappa shape index (κ1) is 14.3. The summed E-state index contributed by atoms with van der Waals surface area (Å²) in [7, 11) is 1.42. The van der Waals surface area contributed by atoms with E-state index in [9.17, 15) is 9.18 Å². The van der Waals surface area contributed by atoms with Crippen LogP contribution in [0.1, 0.15) is 23.7 Å². The molecule has 3 unspecified atom stereocenters. The molecule has 3 rings (SSSR count). The van der Waals surface area contributed by atoms with Crippen LogP contribution in [-0.2, 0) is 0 Å². The second-order valence-electron chi connectivity index (χ2n) is 5.86. The molecular formula is C16H21FN2O2. The summed E-state index contributed by atoms with van der Waals surface area (Å²) >= 11 is 0. The molecule has 114 valence electrons. The minimum Gasteiger partial charge on any atom is -0.494 e. The SMILES string of the molecule is CCC1C2CNCC2CN1C(=O)c1ccc(OC)c(F)c1. The highest BCUT2D eigenvalue weighted by Gasteiger charge is 2.45. The van der Waals surface area contributed by atoms with E-state index in [1.54, 1.807) is 6.07 Å². The zero-order valence-electron chi connectivity index (χ0n) is 12.4. The molecule has 1 amide bonds. The van der Waals surface area contributed by atoms with Crippen molar-refractivity contribution in [3.63, 3.8) is 0 Å². The van der Waals surface area contributed by atoms with Gasteiger partial charge in [-0.25, -0.2) is 4.39 Å². The van der Waals surface area contributed by atoms with Gasteiger partial charge in [0.1, 0.15) is 0 Å². The van der Waals surface area contributed by atoms with Crippen molar-refractivity contribution in [2.75, 3.05) is 26.7 Å². The van der Waals surface area contributed by atoms with Gasteiger partial charge in [0.15, 0.2) is 11.6 Å². The monoisotopic (exact) mass is 292 g/mol. The molecule has 1 aromatic rings. The highest BCUT2D eigenvalue weighted by Crippen LogP contribution is 2.35. The Kier molecular flexibility index (Phi) is 3.85. The number of fused-ring (bicyclic) bond motifs is 1. The third-order valence-corrected chi connectivity index (χ3v) is 4.80. The molecule has 2 fully saturated rings. The van der Waals surface area contributed by atoms with E-state index in [4.69, 9.17) is 4.74 Å². The Bertz CT molecular complexity index is 549. The standard InChI is InChI=1S/C16H21FN2O2/c1-3-14-12-8-18-7-11(12)9-19(14)16(20)10-4-5-15(21-2)13(17)6-10/h4-6,11-12,14,18H,3,7-9H2,1-2H3. The molecule has 21 heavy (non-hydrogen) atoms. The summed E-state index contributed by atoms with van der Waals surface area (Å²) in [6.45, 7) is 4.83. The lowest BCUT2D eigenvalue weighted by atomic mass is 9.93. The molecule has 0 bridgehead atoms. The van der Waals surface area contributed by atoms with Crippen LogP contribution in [0.15, 0.2) is 18.2 Å². The van der Waals surface area contributed by atoms with E-state index in [0.717, 1.165) is 26.1 Å². The molecule has 2 aliphatic heterocycles. The summed E-state index contributed by atoms with van der Waals surface area (Å²) in [5.74, 6) is 0.667. The lowest BCUT2D eigenvalue weighted by Crippen LogP contribution is -2.39. The van der Waals surface area contributed by atoms with Crippen molar-refractivity contribution in [2.24, 2.45) is 11.8 Å². The van der Waals surface area contributed by atoms with Crippen LogP contribution in [0.4, 0.5) is 4.39 Å². The lowest BCUT2D eigenvalue weighted by molar-refractivity contribution is 0.0711. The minimum atomic E-state index is -0.488. The molecule has 0 aliphatic carbocycles. The van der Waals surface area contributed by atoms with Crippen molar-refractivity contribution < 1.29 is 13.9 Å². The van der Waals surface area contributed by atoms with Gasteiger partial charge < -0.3 is 15.0 Å². The van der Waals surface area contributed by atoms with Gasteiger partial charge in [0.05, 0.1) is 7.11 Å². The maximum atomic E-state index is 13.8. The Labute approximate surface area is 124 Å². The molecule has 0 spiro atoms. The number of nitrogens with one attached hydrogen (secondary N) is 1. The molecule has 0 saturated carbocycles. The molecule has 5 heteroatoms. The first-order valence-electron chi connectivity index (χ1n) is 7.51. The Morgan fingerprint density at radius 2 is 2.29 bits per heavy atom. The number of rotatable bonds is 3. The largest absolute Gasteiger partial charge is 0.494 e. The van der Waals surface area contributed by atoms with E-state index in [-0.39, 0.29) is 17.7 Å². The normalized spacial score (nSPS) is 27.8. The van der Waals surface area contributed by atoms with Crippen molar-refractivity contribution in [2.45, 2.75) is 19.4 Å². The molecule has 1 aromatic carbocycles. The minimum absolute atomic E-state index is 0.0715. The number of halogens is 1. The highest BCUT2D eigenvalue weighted by molar-refractivity contribution is 5.94. The fourth-order valence-electron chi connectivity index (χ4n) is 3.74. The van der Waals surface area contributed by atoms with E-state index in [1.165, 1.54) is 19.2 Å². The molecule has 4 nitrogen and oxygen atoms in total. The number of amides is 1. The number of ether oxygens (including phenoxy) is 1. The molecule has 3 atom stereocenters. The first-order valence-corrected chi connectivity index (χ1v) is 7.51. The number of likely N-dealkylation sites (tertiary alicyclic amines) is 1. The van der Waals surface area contributed by atoms with Crippen molar-refractivity contribution in [3.8, 4) is 5.75 Å². The summed E-state index contributed by atoms with van der Waals surface area (Å²) in [4.78, 5) is 14.6. The van der Waals surface area contributed by atoms with Gasteiger partial charge in [-0.1, -0.05) is 6.92 Å². The number of benzene rings is 1. The van der Waals surface area contributed by atoms with Gasteiger partial charge in [0.25, 0.3) is 5.91 Å². The van der Waals surface area contributed by atoms with Crippen molar-refractivity contribution in [1.82, 2.24) is 10.2 Å². The maximum Gasteiger partial charge on any atom is 0.254 e. The summed E-state index contributed by atoms with van der Waals surface area (Å²) < 4.78 is 18.7. The number of carbonyl (C=O) groups excluding carboxylic acids is 1. The van der Waals surface area contributed by atoms with Gasteiger partial charge in [-0.05, 0) is 36.5 Å². The van der Waals surface area contributed by atoms with Crippen LogP contribution >= 0.6 is 0 Å². The number of hydrogen-bond acceptors (Lipinski definition) is 3. The van der Waals surface area contributed by atoms with Crippen molar-refractivity contribution in [1.29, 1.82) is 0 Å². The van der Waals surface area contributed by atoms with E-state index >= 15 is 0 Å². The molecule has 1 N–H and O–H groups in total. The summed E-state index contributed by atoms with van der Waals surface area (Å²) in [5.41, 5.74) is 0.402. The van der Waals surface area contributed by atoms with Crippen LogP contribution < -0.4 is 10.1 Å². The Hall–Kier alpha value is -1.62. The Morgan fingerprint density at radius 3 is 2.95 bits per heavy atom. The quantitative estimate of drug-likeness (QED) is 0.925. The van der Waals surface area contributed by atoms with Crippen molar-refractivity contribution in [3.05, 3.63) is 29.6 Å². The summed E-state index contributed by atoms with van der Waals surface area (Å²) in [6, 6.07) is 4.69. The fourth-order valence-corrected chi connectivity index (χ4v) is 3.74. The highest BCUT2D eigenvalue weighted by atomic mass is 19.1. The van der Waals surface area contributed by atoms with Gasteiger partial charge in [0.2, 0.25) is 0 Å². The fraction of sp³-hybridized carbons (Fsp3) is 0.562. The van der Waals surface area contributed by atoms with Gasteiger partial charge in [0, 0.05) is 31.2 Å². The third-order valence-electron chi connectivity index (χ3n) is 4.80. The first-order chi connectivity index (χ1) is 10.2. The molecule has 2 saturated heterocycles. The van der Waals surface area contributed by atoms with E-state index in [0.29, 0.717) is 17.4 Å². The summed E-state index contributed by atoms with van der Waals surface area (Å²) in [6.07, 6.45) is 0.938. The number of hydrogen-bond donors (Lipinski definition) is 1. The Balaban J connectivity index is 1.83. The van der Waals surface area contributed by atoms with Crippen LogP contribution in [0.2, 0.25) is 0 Å². The average Bonchev–Trinajstić information content (AvgIpc) is 3.06. The number of carbonyl (C=O) groups is 1. The van der Waals surface area contributed by atoms with Gasteiger partial charge in [-0.15, -0.1) is 0 Å². The third kappa shape index (κ3) is 2.39. The average molecular weight is 292 g/mol. The van der Waals surface area contributed by atoms with Crippen LogP contribution in [0.3, 0.4) is 0 Å². The second kappa shape index (κ2) is 5.64. The smallest absolute Gasteiger partial charge is 0.254 e. The molecular weight excluding hydrogens is 271 g/mol. The molecule has 2 heterocycles. The van der Waals surface area contributed by atoms with Gasteiger partial charge in [-0.3, -0.25) is 4.79 Å². The zero-order valence-corrected chi connectivity index (χ0v) is 12.4. The van der Waals surface area contributed by atoms with Crippen molar-refractivity contribution >= 4 is 5.91 Å². The lowest BCUT2D eigenvalue weighted by Gasteiger charge is -2.27. The van der Waals surface area contributed by atoms with E-state index in [1.807, 2.05) is 4.90 Å². The molecule has 2 aliphatic rings. The zero-order chi connectivity index (χ0) is 15.0. The van der Waals surface area contributed by atoms with E-state index < -0.39 is 5.82 Å².